The van der Waals surface area contributed by atoms with Crippen LogP contribution in [0.25, 0.3) is 11.3 Å². The monoisotopic (exact) mass is 325 g/mol. The molecule has 7 nitrogen and oxygen atoms in total. The highest BCUT2D eigenvalue weighted by atomic mass is 19.4. The van der Waals surface area contributed by atoms with Crippen LogP contribution in [0.1, 0.15) is 19.5 Å². The first kappa shape index (κ1) is 16.5. The van der Waals surface area contributed by atoms with Crippen molar-refractivity contribution in [1.29, 1.82) is 0 Å². The zero-order valence-electron chi connectivity index (χ0n) is 12.0. The van der Waals surface area contributed by atoms with E-state index in [0.717, 1.165) is 20.0 Å². The molecule has 10 heteroatoms. The molecule has 23 heavy (non-hydrogen) atoms. The fraction of sp³-hybridized carbons (Fsp3) is 0.231. The summed E-state index contributed by atoms with van der Waals surface area (Å²) in [5.74, 6) is -2.65. The maximum Gasteiger partial charge on any atom is 0.437 e. The van der Waals surface area contributed by atoms with Crippen molar-refractivity contribution < 1.29 is 22.8 Å². The van der Waals surface area contributed by atoms with Crippen LogP contribution < -0.4 is 4.90 Å². The van der Waals surface area contributed by atoms with E-state index in [1.165, 1.54) is 18.7 Å². The molecule has 0 aliphatic heterocycles. The first-order valence-electron chi connectivity index (χ1n) is 6.22. The zero-order valence-corrected chi connectivity index (χ0v) is 12.0. The van der Waals surface area contributed by atoms with Gasteiger partial charge in [0, 0.05) is 31.8 Å². The normalized spacial score (nSPS) is 11.2. The molecule has 2 aromatic heterocycles. The van der Waals surface area contributed by atoms with Crippen LogP contribution in [0.5, 0.6) is 0 Å². The minimum absolute atomic E-state index is 0.131. The van der Waals surface area contributed by atoms with Crippen LogP contribution in [0, 0.1) is 0 Å². The molecule has 0 atom stereocenters. The van der Waals surface area contributed by atoms with E-state index in [1.54, 1.807) is 0 Å². The average molecular weight is 325 g/mol. The Labute approximate surface area is 128 Å². The summed E-state index contributed by atoms with van der Waals surface area (Å²) in [6, 6.07) is 0. The van der Waals surface area contributed by atoms with Crippen LogP contribution in [0.4, 0.5) is 19.0 Å². The number of carbonyl (C=O) groups excluding carboxylic acids is 2. The van der Waals surface area contributed by atoms with Crippen molar-refractivity contribution in [1.82, 2.24) is 19.9 Å². The lowest BCUT2D eigenvalue weighted by molar-refractivity contribution is -0.141. The fourth-order valence-electron chi connectivity index (χ4n) is 1.83. The van der Waals surface area contributed by atoms with Gasteiger partial charge in [-0.1, -0.05) is 0 Å². The number of rotatable bonds is 2. The number of halogens is 3. The summed E-state index contributed by atoms with van der Waals surface area (Å²) >= 11 is 0. The van der Waals surface area contributed by atoms with Crippen LogP contribution in [-0.4, -0.2) is 31.8 Å². The van der Waals surface area contributed by atoms with Crippen molar-refractivity contribution in [2.45, 2.75) is 20.0 Å². The van der Waals surface area contributed by atoms with Gasteiger partial charge >= 0.3 is 6.18 Å². The second-order valence-electron chi connectivity index (χ2n) is 4.43. The standard InChI is InChI=1S/C13H10F3N5O2/c1-7(22)21(8(2)23)12-11(13(14,15)16)20-10(5-19-12)9-3-17-6-18-4-9/h3-6H,1-2H3. The molecule has 0 radical (unpaired) electrons. The summed E-state index contributed by atoms with van der Waals surface area (Å²) < 4.78 is 39.7. The zero-order chi connectivity index (χ0) is 17.2. The highest BCUT2D eigenvalue weighted by Gasteiger charge is 2.40. The molecule has 0 N–H and O–H groups in total. The fourth-order valence-corrected chi connectivity index (χ4v) is 1.83. The van der Waals surface area contributed by atoms with Gasteiger partial charge in [-0.25, -0.2) is 24.8 Å². The minimum atomic E-state index is -4.91. The van der Waals surface area contributed by atoms with E-state index in [2.05, 4.69) is 19.9 Å². The van der Waals surface area contributed by atoms with Crippen molar-refractivity contribution in [3.8, 4) is 11.3 Å². The lowest BCUT2D eigenvalue weighted by atomic mass is 10.2. The second-order valence-corrected chi connectivity index (χ2v) is 4.43. The Morgan fingerprint density at radius 3 is 2.09 bits per heavy atom. The van der Waals surface area contributed by atoms with Gasteiger partial charge in [0.25, 0.3) is 0 Å². The number of hydrogen-bond acceptors (Lipinski definition) is 6. The number of alkyl halides is 3. The first-order chi connectivity index (χ1) is 10.7. The molecular formula is C13H10F3N5O2. The smallest absolute Gasteiger partial charge is 0.274 e. The Hall–Kier alpha value is -2.91. The molecule has 0 aliphatic carbocycles. The molecule has 0 saturated carbocycles. The van der Waals surface area contributed by atoms with E-state index in [9.17, 15) is 22.8 Å². The number of aromatic nitrogens is 4. The Morgan fingerprint density at radius 2 is 1.61 bits per heavy atom. The van der Waals surface area contributed by atoms with E-state index in [4.69, 9.17) is 0 Å². The van der Waals surface area contributed by atoms with Gasteiger partial charge in [0.1, 0.15) is 6.33 Å². The van der Waals surface area contributed by atoms with Gasteiger partial charge in [-0.15, -0.1) is 0 Å². The van der Waals surface area contributed by atoms with E-state index in [1.807, 2.05) is 0 Å². The Morgan fingerprint density at radius 1 is 1.04 bits per heavy atom. The summed E-state index contributed by atoms with van der Waals surface area (Å²) in [5, 5.41) is 0. The predicted molar refractivity (Wildman–Crippen MR) is 71.9 cm³/mol. The molecule has 2 rings (SSSR count). The number of nitrogens with zero attached hydrogens (tertiary/aromatic N) is 5. The molecule has 0 saturated heterocycles. The molecule has 2 amide bonds. The third-order valence-corrected chi connectivity index (χ3v) is 2.72. The molecule has 0 bridgehead atoms. The van der Waals surface area contributed by atoms with Crippen molar-refractivity contribution >= 4 is 17.6 Å². The average Bonchev–Trinajstić information content (AvgIpc) is 2.46. The van der Waals surface area contributed by atoms with Gasteiger partial charge < -0.3 is 0 Å². The minimum Gasteiger partial charge on any atom is -0.274 e. The van der Waals surface area contributed by atoms with Gasteiger partial charge in [0.05, 0.1) is 11.9 Å². The van der Waals surface area contributed by atoms with Crippen LogP contribution in [0.3, 0.4) is 0 Å². The molecule has 2 heterocycles. The lowest BCUT2D eigenvalue weighted by Gasteiger charge is -2.20. The maximum absolute atomic E-state index is 13.2. The lowest BCUT2D eigenvalue weighted by Crippen LogP contribution is -2.36. The molecule has 0 unspecified atom stereocenters. The van der Waals surface area contributed by atoms with Crippen LogP contribution in [0.15, 0.2) is 24.9 Å². The number of imide groups is 1. The van der Waals surface area contributed by atoms with Crippen LogP contribution in [0.2, 0.25) is 0 Å². The molecule has 0 aromatic carbocycles. The van der Waals surface area contributed by atoms with E-state index < -0.39 is 29.5 Å². The third kappa shape index (κ3) is 3.47. The van der Waals surface area contributed by atoms with E-state index in [-0.39, 0.29) is 11.3 Å². The number of anilines is 1. The van der Waals surface area contributed by atoms with E-state index >= 15 is 0 Å². The van der Waals surface area contributed by atoms with Crippen molar-refractivity contribution in [2.75, 3.05) is 4.90 Å². The van der Waals surface area contributed by atoms with Gasteiger partial charge in [0.2, 0.25) is 11.8 Å². The number of amides is 2. The van der Waals surface area contributed by atoms with Crippen molar-refractivity contribution in [3.05, 3.63) is 30.6 Å². The molecule has 2 aromatic rings. The topological polar surface area (TPSA) is 88.9 Å². The van der Waals surface area contributed by atoms with Crippen molar-refractivity contribution in [2.24, 2.45) is 0 Å². The summed E-state index contributed by atoms with van der Waals surface area (Å²) in [6.07, 6.45) is -0.141. The largest absolute Gasteiger partial charge is 0.437 e. The Kier molecular flexibility index (Phi) is 4.34. The van der Waals surface area contributed by atoms with Crippen LogP contribution in [-0.2, 0) is 15.8 Å². The maximum atomic E-state index is 13.2. The quantitative estimate of drug-likeness (QED) is 0.837. The highest BCUT2D eigenvalue weighted by molar-refractivity contribution is 6.12. The summed E-state index contributed by atoms with van der Waals surface area (Å²) in [5.41, 5.74) is -1.35. The van der Waals surface area contributed by atoms with Gasteiger partial charge in [-0.05, 0) is 0 Å². The van der Waals surface area contributed by atoms with Gasteiger partial charge in [0.15, 0.2) is 11.5 Å². The second kappa shape index (κ2) is 6.07. The first-order valence-corrected chi connectivity index (χ1v) is 6.22. The number of carbonyl (C=O) groups is 2. The SMILES string of the molecule is CC(=O)N(C(C)=O)c1ncc(-c2cncnc2)nc1C(F)(F)F. The Balaban J connectivity index is 2.65. The van der Waals surface area contributed by atoms with Crippen molar-refractivity contribution in [3.63, 3.8) is 0 Å². The summed E-state index contributed by atoms with van der Waals surface area (Å²) in [4.78, 5) is 37.7. The Bertz CT molecular complexity index is 735. The van der Waals surface area contributed by atoms with E-state index in [0.29, 0.717) is 4.90 Å². The molecule has 0 fully saturated rings. The molecule has 0 spiro atoms. The van der Waals surface area contributed by atoms with Crippen LogP contribution >= 0.6 is 0 Å². The predicted octanol–water partition coefficient (Wildman–Crippen LogP) is 1.85. The molecular weight excluding hydrogens is 315 g/mol. The third-order valence-electron chi connectivity index (χ3n) is 2.72. The highest BCUT2D eigenvalue weighted by Crippen LogP contribution is 2.35. The van der Waals surface area contributed by atoms with Gasteiger partial charge in [-0.2, -0.15) is 13.2 Å². The molecule has 120 valence electrons. The number of hydrogen-bond donors (Lipinski definition) is 0. The summed E-state index contributed by atoms with van der Waals surface area (Å²) in [6.45, 7) is 1.92. The molecule has 0 aliphatic rings. The van der Waals surface area contributed by atoms with Gasteiger partial charge in [-0.3, -0.25) is 9.59 Å². The summed E-state index contributed by atoms with van der Waals surface area (Å²) in [7, 11) is 0.